The van der Waals surface area contributed by atoms with Crippen molar-refractivity contribution in [1.82, 2.24) is 4.98 Å². The van der Waals surface area contributed by atoms with Crippen LogP contribution in [0.3, 0.4) is 0 Å². The zero-order valence-electron chi connectivity index (χ0n) is 10.1. The number of rotatable bonds is 4. The van der Waals surface area contributed by atoms with Gasteiger partial charge < -0.3 is 5.73 Å². The predicted molar refractivity (Wildman–Crippen MR) is 65.1 cm³/mol. The Morgan fingerprint density at radius 3 is 2.69 bits per heavy atom. The van der Waals surface area contributed by atoms with E-state index in [0.29, 0.717) is 12.4 Å². The predicted octanol–water partition coefficient (Wildman–Crippen LogP) is 1.42. The van der Waals surface area contributed by atoms with Gasteiger partial charge in [-0.05, 0) is 25.5 Å². The molecule has 1 aromatic heterocycles. The van der Waals surface area contributed by atoms with Crippen molar-refractivity contribution >= 4 is 11.7 Å². The van der Waals surface area contributed by atoms with E-state index in [2.05, 4.69) is 4.98 Å². The van der Waals surface area contributed by atoms with Crippen LogP contribution in [0.1, 0.15) is 20.3 Å². The fourth-order valence-corrected chi connectivity index (χ4v) is 1.44. The highest BCUT2D eigenvalue weighted by molar-refractivity contribution is 5.96. The number of amides is 1. The number of hydrogen-bond donors (Lipinski definition) is 1. The zero-order chi connectivity index (χ0) is 12.2. The second-order valence-electron chi connectivity index (χ2n) is 4.17. The maximum absolute atomic E-state index is 12.2. The molecule has 0 radical (unpaired) electrons. The molecule has 0 spiro atoms. The van der Waals surface area contributed by atoms with Crippen LogP contribution in [0.4, 0.5) is 5.82 Å². The first-order valence-corrected chi connectivity index (χ1v) is 5.44. The Morgan fingerprint density at radius 1 is 1.56 bits per heavy atom. The summed E-state index contributed by atoms with van der Waals surface area (Å²) in [6, 6.07) is 5.49. The van der Waals surface area contributed by atoms with Gasteiger partial charge in [-0.15, -0.1) is 0 Å². The third kappa shape index (κ3) is 2.39. The molecule has 1 heterocycles. The molecule has 1 rings (SSSR count). The van der Waals surface area contributed by atoms with Crippen LogP contribution < -0.4 is 10.6 Å². The van der Waals surface area contributed by atoms with Gasteiger partial charge in [-0.25, -0.2) is 4.98 Å². The van der Waals surface area contributed by atoms with E-state index in [-0.39, 0.29) is 5.91 Å². The van der Waals surface area contributed by atoms with E-state index in [1.165, 1.54) is 0 Å². The lowest BCUT2D eigenvalue weighted by Crippen LogP contribution is -2.44. The molecule has 1 amide bonds. The summed E-state index contributed by atoms with van der Waals surface area (Å²) in [6.45, 7) is 4.20. The summed E-state index contributed by atoms with van der Waals surface area (Å²) in [6.07, 6.45) is 2.39. The Bertz CT molecular complexity index is 347. The van der Waals surface area contributed by atoms with Crippen LogP contribution in [-0.2, 0) is 4.79 Å². The average Bonchev–Trinajstić information content (AvgIpc) is 2.37. The molecule has 0 saturated carbocycles. The summed E-state index contributed by atoms with van der Waals surface area (Å²) < 4.78 is 0. The maximum Gasteiger partial charge on any atom is 0.235 e. The summed E-state index contributed by atoms with van der Waals surface area (Å²) in [7, 11) is 1.73. The highest BCUT2D eigenvalue weighted by atomic mass is 16.2. The zero-order valence-corrected chi connectivity index (χ0v) is 10.1. The second-order valence-corrected chi connectivity index (χ2v) is 4.17. The van der Waals surface area contributed by atoms with Crippen molar-refractivity contribution in [2.45, 2.75) is 20.3 Å². The molecule has 1 aromatic rings. The summed E-state index contributed by atoms with van der Waals surface area (Å²) >= 11 is 0. The Balaban J connectivity index is 2.90. The molecule has 1 unspecified atom stereocenters. The first-order valence-electron chi connectivity index (χ1n) is 5.44. The Labute approximate surface area is 96.5 Å². The van der Waals surface area contributed by atoms with E-state index in [9.17, 15) is 4.79 Å². The third-order valence-electron chi connectivity index (χ3n) is 3.04. The lowest BCUT2D eigenvalue weighted by Gasteiger charge is -2.29. The van der Waals surface area contributed by atoms with Gasteiger partial charge in [0.2, 0.25) is 5.91 Å². The molecule has 4 heteroatoms. The first-order chi connectivity index (χ1) is 7.55. The van der Waals surface area contributed by atoms with E-state index in [4.69, 9.17) is 5.73 Å². The molecule has 0 bridgehead atoms. The minimum absolute atomic E-state index is 0.0104. The van der Waals surface area contributed by atoms with Crippen LogP contribution in [0, 0.1) is 5.41 Å². The molecule has 0 saturated heterocycles. The van der Waals surface area contributed by atoms with Crippen LogP contribution >= 0.6 is 0 Å². The van der Waals surface area contributed by atoms with E-state index < -0.39 is 5.41 Å². The van der Waals surface area contributed by atoms with Crippen molar-refractivity contribution in [2.75, 3.05) is 18.5 Å². The van der Waals surface area contributed by atoms with Crippen molar-refractivity contribution in [1.29, 1.82) is 0 Å². The van der Waals surface area contributed by atoms with Crippen molar-refractivity contribution in [3.05, 3.63) is 24.4 Å². The molecule has 0 aliphatic heterocycles. The highest BCUT2D eigenvalue weighted by Crippen LogP contribution is 2.24. The van der Waals surface area contributed by atoms with E-state index in [1.807, 2.05) is 32.0 Å². The number of pyridine rings is 1. The quantitative estimate of drug-likeness (QED) is 0.836. The van der Waals surface area contributed by atoms with E-state index >= 15 is 0 Å². The van der Waals surface area contributed by atoms with Crippen molar-refractivity contribution < 1.29 is 4.79 Å². The van der Waals surface area contributed by atoms with Gasteiger partial charge in [-0.1, -0.05) is 13.0 Å². The fraction of sp³-hybridized carbons (Fsp3) is 0.500. The van der Waals surface area contributed by atoms with Gasteiger partial charge in [0, 0.05) is 19.8 Å². The minimum atomic E-state index is -0.508. The van der Waals surface area contributed by atoms with Crippen molar-refractivity contribution in [3.8, 4) is 0 Å². The van der Waals surface area contributed by atoms with Gasteiger partial charge in [0.05, 0.1) is 5.41 Å². The normalized spacial score (nSPS) is 14.2. The highest BCUT2D eigenvalue weighted by Gasteiger charge is 2.33. The molecule has 0 fully saturated rings. The summed E-state index contributed by atoms with van der Waals surface area (Å²) in [5.41, 5.74) is 5.16. The molecule has 0 aliphatic carbocycles. The lowest BCUT2D eigenvalue weighted by atomic mass is 9.86. The SMILES string of the molecule is CCC(C)(CN)C(=O)N(C)c1ccccn1. The first kappa shape index (κ1) is 12.6. The number of carbonyl (C=O) groups is 1. The largest absolute Gasteiger partial charge is 0.329 e. The van der Waals surface area contributed by atoms with Crippen LogP contribution in [0.2, 0.25) is 0 Å². The number of nitrogens with zero attached hydrogens (tertiary/aromatic N) is 2. The van der Waals surface area contributed by atoms with Gasteiger partial charge in [-0.3, -0.25) is 9.69 Å². The summed E-state index contributed by atoms with van der Waals surface area (Å²) in [5, 5.41) is 0. The molecule has 1 atom stereocenters. The second kappa shape index (κ2) is 5.07. The van der Waals surface area contributed by atoms with Crippen LogP contribution in [0.5, 0.6) is 0 Å². The van der Waals surface area contributed by atoms with Gasteiger partial charge >= 0.3 is 0 Å². The molecule has 0 aromatic carbocycles. The standard InChI is InChI=1S/C12H19N3O/c1-4-12(2,9-13)11(16)15(3)10-7-5-6-8-14-10/h5-8H,4,9,13H2,1-3H3. The number of anilines is 1. The summed E-state index contributed by atoms with van der Waals surface area (Å²) in [5.74, 6) is 0.664. The van der Waals surface area contributed by atoms with Gasteiger partial charge in [0.15, 0.2) is 0 Å². The Morgan fingerprint density at radius 2 is 2.25 bits per heavy atom. The number of aromatic nitrogens is 1. The topological polar surface area (TPSA) is 59.2 Å². The van der Waals surface area contributed by atoms with E-state index in [0.717, 1.165) is 6.42 Å². The van der Waals surface area contributed by atoms with Gasteiger partial charge in [0.1, 0.15) is 5.82 Å². The maximum atomic E-state index is 12.2. The summed E-state index contributed by atoms with van der Waals surface area (Å²) in [4.78, 5) is 17.9. The van der Waals surface area contributed by atoms with Crippen molar-refractivity contribution in [3.63, 3.8) is 0 Å². The number of nitrogens with two attached hydrogens (primary N) is 1. The molecule has 4 nitrogen and oxygen atoms in total. The molecule has 2 N–H and O–H groups in total. The third-order valence-corrected chi connectivity index (χ3v) is 3.04. The van der Waals surface area contributed by atoms with Gasteiger partial charge in [-0.2, -0.15) is 0 Å². The Kier molecular flexibility index (Phi) is 4.01. The lowest BCUT2D eigenvalue weighted by molar-refractivity contribution is -0.126. The van der Waals surface area contributed by atoms with Crippen molar-refractivity contribution in [2.24, 2.45) is 11.1 Å². The Hall–Kier alpha value is -1.42. The number of hydrogen-bond acceptors (Lipinski definition) is 3. The fourth-order valence-electron chi connectivity index (χ4n) is 1.44. The van der Waals surface area contributed by atoms with Gasteiger partial charge in [0.25, 0.3) is 0 Å². The van der Waals surface area contributed by atoms with E-state index in [1.54, 1.807) is 18.1 Å². The van der Waals surface area contributed by atoms with Crippen LogP contribution in [0.25, 0.3) is 0 Å². The monoisotopic (exact) mass is 221 g/mol. The molecule has 16 heavy (non-hydrogen) atoms. The smallest absolute Gasteiger partial charge is 0.235 e. The molecular formula is C12H19N3O. The van der Waals surface area contributed by atoms with Crippen LogP contribution in [0.15, 0.2) is 24.4 Å². The number of carbonyl (C=O) groups excluding carboxylic acids is 1. The van der Waals surface area contributed by atoms with Crippen LogP contribution in [-0.4, -0.2) is 24.5 Å². The average molecular weight is 221 g/mol. The molecule has 0 aliphatic rings. The molecular weight excluding hydrogens is 202 g/mol. The molecule has 88 valence electrons. The minimum Gasteiger partial charge on any atom is -0.329 e.